The Kier molecular flexibility index (Phi) is 7.29. The van der Waals surface area contributed by atoms with Crippen LogP contribution in [0.1, 0.15) is 24.5 Å². The molecule has 2 fully saturated rings. The average Bonchev–Trinajstić information content (AvgIpc) is 3.32. The third kappa shape index (κ3) is 5.83. The van der Waals surface area contributed by atoms with Gasteiger partial charge in [-0.15, -0.1) is 0 Å². The Morgan fingerprint density at radius 1 is 1.38 bits per heavy atom. The zero-order chi connectivity index (χ0) is 20.6. The number of hydrogen-bond donors (Lipinski definition) is 3. The third-order valence-electron chi connectivity index (χ3n) is 4.72. The van der Waals surface area contributed by atoms with E-state index in [4.69, 9.17) is 9.47 Å². The highest BCUT2D eigenvalue weighted by atomic mass is 16.5. The number of amides is 3. The number of carbonyl (C=O) groups is 2. The Hall–Kier alpha value is -2.81. The summed E-state index contributed by atoms with van der Waals surface area (Å²) in [7, 11) is 0. The van der Waals surface area contributed by atoms with Gasteiger partial charge in [-0.2, -0.15) is 0 Å². The Labute approximate surface area is 170 Å². The number of rotatable bonds is 8. The van der Waals surface area contributed by atoms with Gasteiger partial charge in [0.05, 0.1) is 26.3 Å². The number of aliphatic imine (C=N–C) groups is 1. The maximum atomic E-state index is 11.6. The fourth-order valence-corrected chi connectivity index (χ4v) is 3.16. The van der Waals surface area contributed by atoms with Gasteiger partial charge in [0.15, 0.2) is 5.96 Å². The van der Waals surface area contributed by atoms with Gasteiger partial charge in [0.1, 0.15) is 11.9 Å². The molecule has 158 valence electrons. The van der Waals surface area contributed by atoms with Crippen LogP contribution in [0.15, 0.2) is 23.2 Å². The first-order chi connectivity index (χ1) is 14.1. The minimum Gasteiger partial charge on any atom is -0.488 e. The summed E-state index contributed by atoms with van der Waals surface area (Å²) < 4.78 is 11.5. The lowest BCUT2D eigenvalue weighted by Gasteiger charge is -2.17. The van der Waals surface area contributed by atoms with E-state index in [1.54, 1.807) is 0 Å². The lowest BCUT2D eigenvalue weighted by molar-refractivity contribution is -0.124. The number of carbonyl (C=O) groups excluding carboxylic acids is 2. The van der Waals surface area contributed by atoms with E-state index in [-0.39, 0.29) is 31.1 Å². The number of benzene rings is 1. The second-order valence-electron chi connectivity index (χ2n) is 7.04. The van der Waals surface area contributed by atoms with Gasteiger partial charge in [-0.1, -0.05) is 12.1 Å². The number of imide groups is 1. The van der Waals surface area contributed by atoms with E-state index in [1.807, 2.05) is 32.0 Å². The summed E-state index contributed by atoms with van der Waals surface area (Å²) in [6.07, 6.45) is 0.971. The molecule has 29 heavy (non-hydrogen) atoms. The molecule has 1 unspecified atom stereocenters. The highest BCUT2D eigenvalue weighted by Crippen LogP contribution is 2.24. The van der Waals surface area contributed by atoms with Crippen LogP contribution >= 0.6 is 0 Å². The molecule has 9 nitrogen and oxygen atoms in total. The maximum Gasteiger partial charge on any atom is 0.324 e. The molecule has 0 saturated carbocycles. The summed E-state index contributed by atoms with van der Waals surface area (Å²) in [5.74, 6) is 1.24. The molecule has 0 bridgehead atoms. The molecule has 3 amide bonds. The monoisotopic (exact) mass is 403 g/mol. The number of aryl methyl sites for hydroxylation is 1. The third-order valence-corrected chi connectivity index (χ3v) is 4.72. The Morgan fingerprint density at radius 2 is 2.24 bits per heavy atom. The molecule has 2 saturated heterocycles. The van der Waals surface area contributed by atoms with Gasteiger partial charge in [0.2, 0.25) is 5.91 Å². The average molecular weight is 403 g/mol. The number of urea groups is 1. The van der Waals surface area contributed by atoms with Gasteiger partial charge in [-0.3, -0.25) is 9.69 Å². The SMILES string of the molecule is CCNC(=NCc1ccc(C)cc1OC1CCOC1)NCCN1C(=O)CNC1=O. The fourth-order valence-electron chi connectivity index (χ4n) is 3.16. The Morgan fingerprint density at radius 3 is 2.93 bits per heavy atom. The van der Waals surface area contributed by atoms with Crippen molar-refractivity contribution in [2.75, 3.05) is 39.4 Å². The predicted molar refractivity (Wildman–Crippen MR) is 109 cm³/mol. The van der Waals surface area contributed by atoms with Crippen LogP contribution in [0.25, 0.3) is 0 Å². The predicted octanol–water partition coefficient (Wildman–Crippen LogP) is 0.770. The molecule has 2 aliphatic rings. The highest BCUT2D eigenvalue weighted by Gasteiger charge is 2.27. The molecular formula is C20H29N5O4. The van der Waals surface area contributed by atoms with Crippen molar-refractivity contribution < 1.29 is 19.1 Å². The molecule has 0 spiro atoms. The van der Waals surface area contributed by atoms with Crippen LogP contribution in [-0.2, 0) is 16.1 Å². The second kappa shape index (κ2) is 10.1. The van der Waals surface area contributed by atoms with Gasteiger partial charge < -0.3 is 25.4 Å². The summed E-state index contributed by atoms with van der Waals surface area (Å²) in [6, 6.07) is 5.75. The second-order valence-corrected chi connectivity index (χ2v) is 7.04. The Balaban J connectivity index is 1.60. The van der Waals surface area contributed by atoms with E-state index < -0.39 is 0 Å². The molecule has 0 radical (unpaired) electrons. The van der Waals surface area contributed by atoms with Crippen molar-refractivity contribution in [3.63, 3.8) is 0 Å². The van der Waals surface area contributed by atoms with Crippen molar-refractivity contribution >= 4 is 17.9 Å². The molecule has 0 aliphatic carbocycles. The molecule has 0 aromatic heterocycles. The van der Waals surface area contributed by atoms with Crippen LogP contribution in [0.2, 0.25) is 0 Å². The van der Waals surface area contributed by atoms with Gasteiger partial charge in [0, 0.05) is 31.6 Å². The summed E-state index contributed by atoms with van der Waals surface area (Å²) in [5, 5.41) is 8.86. The molecule has 3 rings (SSSR count). The van der Waals surface area contributed by atoms with Crippen LogP contribution in [0.5, 0.6) is 5.75 Å². The van der Waals surface area contributed by atoms with Gasteiger partial charge in [-0.25, -0.2) is 9.79 Å². The van der Waals surface area contributed by atoms with Gasteiger partial charge in [-0.05, 0) is 25.5 Å². The first-order valence-corrected chi connectivity index (χ1v) is 10.0. The quantitative estimate of drug-likeness (QED) is 0.337. The topological polar surface area (TPSA) is 104 Å². The van der Waals surface area contributed by atoms with Gasteiger partial charge in [0.25, 0.3) is 0 Å². The van der Waals surface area contributed by atoms with E-state index in [2.05, 4.69) is 20.9 Å². The zero-order valence-corrected chi connectivity index (χ0v) is 17.0. The van der Waals surface area contributed by atoms with Crippen LogP contribution < -0.4 is 20.7 Å². The minimum absolute atomic E-state index is 0.0647. The van der Waals surface area contributed by atoms with E-state index in [9.17, 15) is 9.59 Å². The molecule has 9 heteroatoms. The van der Waals surface area contributed by atoms with Crippen molar-refractivity contribution in [3.05, 3.63) is 29.3 Å². The van der Waals surface area contributed by atoms with Crippen LogP contribution in [0.4, 0.5) is 4.79 Å². The maximum absolute atomic E-state index is 11.6. The lowest BCUT2D eigenvalue weighted by atomic mass is 10.1. The largest absolute Gasteiger partial charge is 0.488 e. The van der Waals surface area contributed by atoms with Crippen molar-refractivity contribution in [2.45, 2.75) is 32.9 Å². The summed E-state index contributed by atoms with van der Waals surface area (Å²) in [4.78, 5) is 29.1. The summed E-state index contributed by atoms with van der Waals surface area (Å²) >= 11 is 0. The van der Waals surface area contributed by atoms with Crippen molar-refractivity contribution in [2.24, 2.45) is 4.99 Å². The van der Waals surface area contributed by atoms with E-state index in [0.717, 1.165) is 29.9 Å². The number of guanidine groups is 1. The molecule has 2 aliphatic heterocycles. The molecule has 1 aromatic rings. The van der Waals surface area contributed by atoms with E-state index in [0.29, 0.717) is 32.2 Å². The number of nitrogens with one attached hydrogen (secondary N) is 3. The zero-order valence-electron chi connectivity index (χ0n) is 17.0. The summed E-state index contributed by atoms with van der Waals surface area (Å²) in [6.45, 7) is 7.28. The van der Waals surface area contributed by atoms with E-state index >= 15 is 0 Å². The fraction of sp³-hybridized carbons (Fsp3) is 0.550. The first kappa shape index (κ1) is 20.9. The molecule has 3 N–H and O–H groups in total. The number of ether oxygens (including phenoxy) is 2. The number of nitrogens with zero attached hydrogens (tertiary/aromatic N) is 2. The Bertz CT molecular complexity index is 745. The first-order valence-electron chi connectivity index (χ1n) is 10.0. The van der Waals surface area contributed by atoms with Crippen molar-refractivity contribution in [3.8, 4) is 5.75 Å². The summed E-state index contributed by atoms with van der Waals surface area (Å²) in [5.41, 5.74) is 2.12. The molecular weight excluding hydrogens is 374 g/mol. The molecule has 2 heterocycles. The van der Waals surface area contributed by atoms with Gasteiger partial charge >= 0.3 is 6.03 Å². The highest BCUT2D eigenvalue weighted by molar-refractivity contribution is 6.01. The number of hydrogen-bond acceptors (Lipinski definition) is 5. The van der Waals surface area contributed by atoms with Crippen LogP contribution in [0.3, 0.4) is 0 Å². The lowest BCUT2D eigenvalue weighted by Crippen LogP contribution is -2.43. The standard InChI is InChI=1S/C20H29N5O4/c1-3-21-19(22-7-8-25-18(26)12-24-20(25)27)23-11-15-5-4-14(2)10-17(15)29-16-6-9-28-13-16/h4-5,10,16H,3,6-9,11-13H2,1-2H3,(H,24,27)(H2,21,22,23). The van der Waals surface area contributed by atoms with Crippen molar-refractivity contribution in [1.29, 1.82) is 0 Å². The van der Waals surface area contributed by atoms with Crippen molar-refractivity contribution in [1.82, 2.24) is 20.9 Å². The molecule has 1 atom stereocenters. The molecule has 1 aromatic carbocycles. The van der Waals surface area contributed by atoms with Crippen LogP contribution in [-0.4, -0.2) is 68.3 Å². The minimum atomic E-state index is -0.351. The normalized spacial score (nSPS) is 19.4. The smallest absolute Gasteiger partial charge is 0.324 e. The van der Waals surface area contributed by atoms with E-state index in [1.165, 1.54) is 4.90 Å². The van der Waals surface area contributed by atoms with Crippen LogP contribution in [0, 0.1) is 6.92 Å².